The summed E-state index contributed by atoms with van der Waals surface area (Å²) < 4.78 is 0. The predicted octanol–water partition coefficient (Wildman–Crippen LogP) is 4.21. The van der Waals surface area contributed by atoms with Gasteiger partial charge in [0.25, 0.3) is 0 Å². The Morgan fingerprint density at radius 1 is 1.00 bits per heavy atom. The second-order valence-corrected chi connectivity index (χ2v) is 4.00. The van der Waals surface area contributed by atoms with Crippen LogP contribution in [0.4, 0.5) is 0 Å². The van der Waals surface area contributed by atoms with Crippen LogP contribution in [0, 0.1) is 11.8 Å². The van der Waals surface area contributed by atoms with Crippen LogP contribution in [0.15, 0.2) is 42.5 Å². The van der Waals surface area contributed by atoms with Gasteiger partial charge < -0.3 is 0 Å². The quantitative estimate of drug-likeness (QED) is 0.410. The first-order valence-electron chi connectivity index (χ1n) is 5.44. The highest BCUT2D eigenvalue weighted by molar-refractivity contribution is 6.17. The molecule has 0 N–H and O–H groups in total. The summed E-state index contributed by atoms with van der Waals surface area (Å²) in [5.41, 5.74) is 1.10. The monoisotopic (exact) mass is 228 g/mol. The number of halogens is 1. The lowest BCUT2D eigenvalue weighted by atomic mass is 10.0. The lowest BCUT2D eigenvalue weighted by Gasteiger charge is -1.99. The molecule has 0 spiro atoms. The van der Waals surface area contributed by atoms with Gasteiger partial charge in [-0.25, -0.2) is 0 Å². The highest BCUT2D eigenvalue weighted by Crippen LogP contribution is 2.17. The fourth-order valence-electron chi connectivity index (χ4n) is 1.65. The van der Waals surface area contributed by atoms with Crippen molar-refractivity contribution in [1.82, 2.24) is 0 Å². The molecule has 2 rings (SSSR count). The van der Waals surface area contributed by atoms with E-state index in [1.54, 1.807) is 0 Å². The minimum atomic E-state index is 0.685. The van der Waals surface area contributed by atoms with Crippen LogP contribution in [0.1, 0.15) is 18.4 Å². The van der Waals surface area contributed by atoms with Crippen molar-refractivity contribution in [3.63, 3.8) is 0 Å². The zero-order valence-corrected chi connectivity index (χ0v) is 9.80. The van der Waals surface area contributed by atoms with E-state index in [2.05, 4.69) is 36.1 Å². The van der Waals surface area contributed by atoms with Crippen LogP contribution in [-0.4, -0.2) is 5.88 Å². The lowest BCUT2D eigenvalue weighted by Crippen LogP contribution is -1.79. The van der Waals surface area contributed by atoms with Crippen LogP contribution in [0.5, 0.6) is 0 Å². The van der Waals surface area contributed by atoms with E-state index in [4.69, 9.17) is 11.6 Å². The van der Waals surface area contributed by atoms with Crippen molar-refractivity contribution >= 4 is 22.4 Å². The van der Waals surface area contributed by atoms with E-state index in [1.807, 2.05) is 18.2 Å². The molecule has 1 heteroatoms. The molecule has 80 valence electrons. The van der Waals surface area contributed by atoms with Crippen molar-refractivity contribution < 1.29 is 0 Å². The van der Waals surface area contributed by atoms with E-state index >= 15 is 0 Å². The Balaban J connectivity index is 2.32. The second kappa shape index (κ2) is 5.58. The molecule has 0 bridgehead atoms. The summed E-state index contributed by atoms with van der Waals surface area (Å²) in [7, 11) is 0. The number of rotatable bonds is 2. The predicted molar refractivity (Wildman–Crippen MR) is 70.8 cm³/mol. The Morgan fingerprint density at radius 3 is 2.69 bits per heavy atom. The summed E-state index contributed by atoms with van der Waals surface area (Å²) in [5.74, 6) is 7.06. The fraction of sp³-hybridized carbons (Fsp3) is 0.200. The molecule has 0 nitrogen and oxygen atoms in total. The average molecular weight is 229 g/mol. The van der Waals surface area contributed by atoms with Crippen molar-refractivity contribution in [3.05, 3.63) is 48.0 Å². The summed E-state index contributed by atoms with van der Waals surface area (Å²) >= 11 is 5.61. The summed E-state index contributed by atoms with van der Waals surface area (Å²) in [6, 6.07) is 14.5. The van der Waals surface area contributed by atoms with Crippen LogP contribution in [-0.2, 0) is 0 Å². The number of benzene rings is 2. The van der Waals surface area contributed by atoms with Crippen LogP contribution in [0.25, 0.3) is 10.8 Å². The molecule has 0 aliphatic heterocycles. The normalized spacial score (nSPS) is 9.81. The van der Waals surface area contributed by atoms with Crippen molar-refractivity contribution in [3.8, 4) is 11.8 Å². The molecule has 0 heterocycles. The standard InChI is InChI=1S/C15H13Cl/c16-12-5-1-2-7-13-9-6-10-14-8-3-4-11-15(13)14/h3-4,6,8-11H,1,5,12H2. The number of fused-ring (bicyclic) bond motifs is 1. The third-order valence-corrected chi connectivity index (χ3v) is 2.72. The largest absolute Gasteiger partial charge is 0.127 e. The maximum Gasteiger partial charge on any atom is 0.0323 e. The van der Waals surface area contributed by atoms with Gasteiger partial charge in [0, 0.05) is 17.9 Å². The van der Waals surface area contributed by atoms with E-state index < -0.39 is 0 Å². The Morgan fingerprint density at radius 2 is 1.81 bits per heavy atom. The lowest BCUT2D eigenvalue weighted by molar-refractivity contribution is 0.991. The van der Waals surface area contributed by atoms with Gasteiger partial charge in [-0.3, -0.25) is 0 Å². The highest BCUT2D eigenvalue weighted by Gasteiger charge is 1.95. The van der Waals surface area contributed by atoms with Crippen LogP contribution >= 0.6 is 11.6 Å². The first-order valence-corrected chi connectivity index (χ1v) is 5.98. The molecule has 0 unspecified atom stereocenters. The molecule has 0 fully saturated rings. The molecule has 16 heavy (non-hydrogen) atoms. The van der Waals surface area contributed by atoms with Crippen molar-refractivity contribution in [2.45, 2.75) is 12.8 Å². The van der Waals surface area contributed by atoms with Gasteiger partial charge in [0.2, 0.25) is 0 Å². The Kier molecular flexibility index (Phi) is 3.86. The number of alkyl halides is 1. The number of hydrogen-bond donors (Lipinski definition) is 0. The number of hydrogen-bond acceptors (Lipinski definition) is 0. The van der Waals surface area contributed by atoms with Gasteiger partial charge >= 0.3 is 0 Å². The summed E-state index contributed by atoms with van der Waals surface area (Å²) in [6.45, 7) is 0. The topological polar surface area (TPSA) is 0 Å². The van der Waals surface area contributed by atoms with Crippen LogP contribution in [0.3, 0.4) is 0 Å². The van der Waals surface area contributed by atoms with E-state index in [0.717, 1.165) is 18.4 Å². The van der Waals surface area contributed by atoms with Gasteiger partial charge in [-0.05, 0) is 23.3 Å². The van der Waals surface area contributed by atoms with Gasteiger partial charge in [-0.15, -0.1) is 11.6 Å². The Hall–Kier alpha value is -1.45. The molecule has 0 saturated heterocycles. The smallest absolute Gasteiger partial charge is 0.0323 e. The molecule has 0 aromatic heterocycles. The van der Waals surface area contributed by atoms with Crippen LogP contribution in [0.2, 0.25) is 0 Å². The van der Waals surface area contributed by atoms with Crippen molar-refractivity contribution in [2.24, 2.45) is 0 Å². The first kappa shape index (κ1) is 11.0. The van der Waals surface area contributed by atoms with E-state index in [1.165, 1.54) is 10.8 Å². The van der Waals surface area contributed by atoms with E-state index in [0.29, 0.717) is 5.88 Å². The Labute approximate surface area is 101 Å². The SMILES string of the molecule is ClCCCC#Cc1cccc2ccccc12. The minimum Gasteiger partial charge on any atom is -0.127 e. The zero-order chi connectivity index (χ0) is 11.2. The molecule has 0 radical (unpaired) electrons. The molecule has 2 aromatic carbocycles. The van der Waals surface area contributed by atoms with E-state index in [-0.39, 0.29) is 0 Å². The molecule has 0 aliphatic rings. The molecule has 0 amide bonds. The van der Waals surface area contributed by atoms with Crippen molar-refractivity contribution in [1.29, 1.82) is 0 Å². The van der Waals surface area contributed by atoms with Gasteiger partial charge in [0.1, 0.15) is 0 Å². The third-order valence-electron chi connectivity index (χ3n) is 2.45. The van der Waals surface area contributed by atoms with Crippen LogP contribution < -0.4 is 0 Å². The van der Waals surface area contributed by atoms with E-state index in [9.17, 15) is 0 Å². The fourth-order valence-corrected chi connectivity index (χ4v) is 1.78. The zero-order valence-electron chi connectivity index (χ0n) is 9.04. The summed E-state index contributed by atoms with van der Waals surface area (Å²) in [4.78, 5) is 0. The molecule has 0 atom stereocenters. The summed E-state index contributed by atoms with van der Waals surface area (Å²) in [6.07, 6.45) is 1.83. The highest BCUT2D eigenvalue weighted by atomic mass is 35.5. The number of unbranched alkanes of at least 4 members (excludes halogenated alkanes) is 1. The molecular formula is C15H13Cl. The maximum atomic E-state index is 5.61. The second-order valence-electron chi connectivity index (χ2n) is 3.62. The van der Waals surface area contributed by atoms with Gasteiger partial charge in [-0.2, -0.15) is 0 Å². The third kappa shape index (κ3) is 2.56. The maximum absolute atomic E-state index is 5.61. The molecule has 2 aromatic rings. The summed E-state index contributed by atoms with van der Waals surface area (Å²) in [5, 5.41) is 2.47. The van der Waals surface area contributed by atoms with Gasteiger partial charge in [0.05, 0.1) is 0 Å². The Bertz CT molecular complexity index is 526. The minimum absolute atomic E-state index is 0.685. The molecular weight excluding hydrogens is 216 g/mol. The van der Waals surface area contributed by atoms with Gasteiger partial charge in [0.15, 0.2) is 0 Å². The van der Waals surface area contributed by atoms with Gasteiger partial charge in [-0.1, -0.05) is 48.2 Å². The first-order chi connectivity index (χ1) is 7.92. The average Bonchev–Trinajstić information content (AvgIpc) is 2.35. The van der Waals surface area contributed by atoms with Crippen molar-refractivity contribution in [2.75, 3.05) is 5.88 Å². The molecule has 0 aliphatic carbocycles. The molecule has 0 saturated carbocycles.